The van der Waals surface area contributed by atoms with Crippen molar-refractivity contribution in [3.8, 4) is 0 Å². The van der Waals surface area contributed by atoms with Gasteiger partial charge in [-0.2, -0.15) is 4.31 Å². The molecule has 2 aromatic rings. The van der Waals surface area contributed by atoms with Crippen LogP contribution in [0.2, 0.25) is 0 Å². The number of amides is 1. The van der Waals surface area contributed by atoms with Crippen molar-refractivity contribution in [3.05, 3.63) is 42.7 Å². The van der Waals surface area contributed by atoms with Crippen molar-refractivity contribution < 1.29 is 17.9 Å². The normalized spacial score (nSPS) is 18.6. The second-order valence-corrected chi connectivity index (χ2v) is 9.34. The fourth-order valence-corrected chi connectivity index (χ4v) is 5.09. The Kier molecular flexibility index (Phi) is 6.76. The lowest BCUT2D eigenvalue weighted by Gasteiger charge is -2.34. The van der Waals surface area contributed by atoms with Crippen molar-refractivity contribution in [3.63, 3.8) is 0 Å². The number of nitrogens with zero attached hydrogens (tertiary/aromatic N) is 5. The van der Waals surface area contributed by atoms with Crippen LogP contribution in [0.4, 0.5) is 11.6 Å². The first kappa shape index (κ1) is 21.6. The highest BCUT2D eigenvalue weighted by Crippen LogP contribution is 2.20. The predicted octanol–water partition coefficient (Wildman–Crippen LogP) is 0.258. The summed E-state index contributed by atoms with van der Waals surface area (Å²) in [5.74, 6) is 0.523. The molecule has 1 aromatic heterocycles. The Morgan fingerprint density at radius 2 is 1.71 bits per heavy atom. The van der Waals surface area contributed by atoms with Gasteiger partial charge in [0.25, 0.3) is 0 Å². The summed E-state index contributed by atoms with van der Waals surface area (Å²) in [6.07, 6.45) is 3.44. The largest absolute Gasteiger partial charge is 0.379 e. The first-order chi connectivity index (χ1) is 15.0. The third-order valence-electron chi connectivity index (χ3n) is 5.30. The van der Waals surface area contributed by atoms with Crippen molar-refractivity contribution in [1.82, 2.24) is 19.2 Å². The summed E-state index contributed by atoms with van der Waals surface area (Å²) in [6, 6.07) is 8.17. The molecule has 0 aliphatic carbocycles. The number of nitrogens with one attached hydrogen (secondary N) is 1. The quantitative estimate of drug-likeness (QED) is 0.673. The fourth-order valence-electron chi connectivity index (χ4n) is 3.63. The summed E-state index contributed by atoms with van der Waals surface area (Å²) in [4.78, 5) is 25.4. The third-order valence-corrected chi connectivity index (χ3v) is 7.19. The molecule has 166 valence electrons. The van der Waals surface area contributed by atoms with E-state index in [4.69, 9.17) is 4.74 Å². The van der Waals surface area contributed by atoms with Crippen molar-refractivity contribution in [2.75, 3.05) is 69.2 Å². The zero-order valence-corrected chi connectivity index (χ0v) is 18.0. The summed E-state index contributed by atoms with van der Waals surface area (Å²) in [7, 11) is -3.61. The monoisotopic (exact) mass is 446 g/mol. The Labute approximate surface area is 181 Å². The average molecular weight is 447 g/mol. The van der Waals surface area contributed by atoms with Crippen LogP contribution in [0.1, 0.15) is 0 Å². The van der Waals surface area contributed by atoms with E-state index in [1.165, 1.54) is 10.4 Å². The van der Waals surface area contributed by atoms with Crippen LogP contribution in [0.3, 0.4) is 0 Å². The molecule has 0 spiro atoms. The van der Waals surface area contributed by atoms with Gasteiger partial charge in [-0.25, -0.2) is 18.4 Å². The molecule has 0 radical (unpaired) electrons. The summed E-state index contributed by atoms with van der Waals surface area (Å²) < 4.78 is 32.3. The zero-order chi connectivity index (χ0) is 21.7. The van der Waals surface area contributed by atoms with Gasteiger partial charge in [-0.05, 0) is 24.3 Å². The van der Waals surface area contributed by atoms with Crippen molar-refractivity contribution in [1.29, 1.82) is 0 Å². The number of anilines is 2. The lowest BCUT2D eigenvalue weighted by molar-refractivity contribution is -0.117. The highest BCUT2D eigenvalue weighted by Gasteiger charge is 2.26. The summed E-state index contributed by atoms with van der Waals surface area (Å²) >= 11 is 0. The van der Waals surface area contributed by atoms with Crippen LogP contribution in [0.25, 0.3) is 0 Å². The van der Waals surface area contributed by atoms with E-state index in [0.29, 0.717) is 37.9 Å². The van der Waals surface area contributed by atoms with Gasteiger partial charge in [0.05, 0.1) is 24.7 Å². The van der Waals surface area contributed by atoms with E-state index in [9.17, 15) is 13.2 Å². The minimum atomic E-state index is -3.61. The zero-order valence-electron chi connectivity index (χ0n) is 17.2. The molecule has 0 atom stereocenters. The Hall–Kier alpha value is -2.60. The number of hydrogen-bond donors (Lipinski definition) is 1. The predicted molar refractivity (Wildman–Crippen MR) is 115 cm³/mol. The number of benzene rings is 1. The molecule has 4 rings (SSSR count). The molecule has 2 saturated heterocycles. The Morgan fingerprint density at radius 3 is 2.42 bits per heavy atom. The van der Waals surface area contributed by atoms with Gasteiger partial charge in [0.15, 0.2) is 0 Å². The molecule has 11 heteroatoms. The van der Waals surface area contributed by atoms with E-state index in [-0.39, 0.29) is 17.3 Å². The lowest BCUT2D eigenvalue weighted by atomic mass is 10.3. The smallest absolute Gasteiger partial charge is 0.243 e. The van der Waals surface area contributed by atoms with Gasteiger partial charge < -0.3 is 15.0 Å². The number of ether oxygens (including phenoxy) is 1. The minimum Gasteiger partial charge on any atom is -0.379 e. The van der Waals surface area contributed by atoms with Crippen LogP contribution in [0, 0.1) is 0 Å². The topological polar surface area (TPSA) is 108 Å². The number of sulfonamides is 1. The minimum absolute atomic E-state index is 0.170. The molecule has 2 fully saturated rings. The summed E-state index contributed by atoms with van der Waals surface area (Å²) in [5, 5.41) is 2.82. The van der Waals surface area contributed by atoms with E-state index in [0.717, 1.165) is 26.2 Å². The maximum atomic E-state index is 12.8. The lowest BCUT2D eigenvalue weighted by Crippen LogP contribution is -2.49. The number of rotatable bonds is 6. The highest BCUT2D eigenvalue weighted by molar-refractivity contribution is 7.89. The fraction of sp³-hybridized carbons (Fsp3) is 0.450. The molecule has 0 unspecified atom stereocenters. The molecule has 10 nitrogen and oxygen atoms in total. The van der Waals surface area contributed by atoms with E-state index >= 15 is 0 Å². The number of aromatic nitrogens is 2. The molecule has 1 aromatic carbocycles. The van der Waals surface area contributed by atoms with Crippen LogP contribution in [-0.2, 0) is 19.6 Å². The van der Waals surface area contributed by atoms with E-state index in [1.54, 1.807) is 36.7 Å². The number of carbonyl (C=O) groups excluding carboxylic acids is 1. The van der Waals surface area contributed by atoms with Crippen LogP contribution in [0.15, 0.2) is 47.6 Å². The number of carbonyl (C=O) groups is 1. The SMILES string of the molecule is O=C(CN1CCN(c2ncccn2)CC1)Nc1cccc(S(=O)(=O)N2CCOCC2)c1. The number of morpholine rings is 1. The van der Waals surface area contributed by atoms with Crippen molar-refractivity contribution in [2.24, 2.45) is 0 Å². The molecule has 0 saturated carbocycles. The summed E-state index contributed by atoms with van der Waals surface area (Å²) in [6.45, 7) is 4.60. The van der Waals surface area contributed by atoms with E-state index in [2.05, 4.69) is 25.1 Å². The van der Waals surface area contributed by atoms with Crippen LogP contribution < -0.4 is 10.2 Å². The molecule has 31 heavy (non-hydrogen) atoms. The second-order valence-electron chi connectivity index (χ2n) is 7.40. The highest BCUT2D eigenvalue weighted by atomic mass is 32.2. The molecule has 3 heterocycles. The Bertz CT molecular complexity index is 990. The molecule has 2 aliphatic rings. The molecule has 1 N–H and O–H groups in total. The molecule has 0 bridgehead atoms. The van der Waals surface area contributed by atoms with Crippen LogP contribution in [-0.4, -0.2) is 92.5 Å². The van der Waals surface area contributed by atoms with Gasteiger partial charge in [0.1, 0.15) is 0 Å². The van der Waals surface area contributed by atoms with Crippen molar-refractivity contribution in [2.45, 2.75) is 4.90 Å². The van der Waals surface area contributed by atoms with E-state index < -0.39 is 10.0 Å². The van der Waals surface area contributed by atoms with Gasteiger partial charge in [-0.15, -0.1) is 0 Å². The second kappa shape index (κ2) is 9.69. The Morgan fingerprint density at radius 1 is 1.00 bits per heavy atom. The molecule has 1 amide bonds. The van der Waals surface area contributed by atoms with Gasteiger partial charge in [0, 0.05) is 57.3 Å². The maximum absolute atomic E-state index is 12.8. The standard InChI is InChI=1S/C20H26N6O4S/c27-19(16-24-7-9-25(10-8-24)20-21-5-2-6-22-20)23-17-3-1-4-18(15-17)31(28,29)26-11-13-30-14-12-26/h1-6,15H,7-14,16H2,(H,23,27). The van der Waals surface area contributed by atoms with Crippen molar-refractivity contribution >= 4 is 27.6 Å². The first-order valence-corrected chi connectivity index (χ1v) is 11.7. The average Bonchev–Trinajstić information content (AvgIpc) is 2.81. The maximum Gasteiger partial charge on any atom is 0.243 e. The number of hydrogen-bond acceptors (Lipinski definition) is 8. The van der Waals surface area contributed by atoms with E-state index in [1.807, 2.05) is 0 Å². The van der Waals surface area contributed by atoms with Gasteiger partial charge in [-0.3, -0.25) is 9.69 Å². The molecular weight excluding hydrogens is 420 g/mol. The Balaban J connectivity index is 1.32. The van der Waals surface area contributed by atoms with Gasteiger partial charge in [0.2, 0.25) is 21.9 Å². The van der Waals surface area contributed by atoms with Crippen LogP contribution >= 0.6 is 0 Å². The van der Waals surface area contributed by atoms with Gasteiger partial charge in [-0.1, -0.05) is 6.07 Å². The molecular formula is C20H26N6O4S. The third kappa shape index (κ3) is 5.37. The van der Waals surface area contributed by atoms with Gasteiger partial charge >= 0.3 is 0 Å². The van der Waals surface area contributed by atoms with Crippen LogP contribution in [0.5, 0.6) is 0 Å². The first-order valence-electron chi connectivity index (χ1n) is 10.2. The summed E-state index contributed by atoms with van der Waals surface area (Å²) in [5.41, 5.74) is 0.468. The molecule has 2 aliphatic heterocycles. The number of piperazine rings is 1.